The van der Waals surface area contributed by atoms with E-state index in [-0.39, 0.29) is 37.0 Å². The van der Waals surface area contributed by atoms with E-state index in [1.807, 2.05) is 0 Å². The summed E-state index contributed by atoms with van der Waals surface area (Å²) in [6.07, 6.45) is 2.60. The van der Waals surface area contributed by atoms with E-state index >= 15 is 0 Å². The second kappa shape index (κ2) is 9.70. The van der Waals surface area contributed by atoms with Crippen molar-refractivity contribution in [1.29, 1.82) is 0 Å². The quantitative estimate of drug-likeness (QED) is 0.473. The molecule has 2 atom stereocenters. The van der Waals surface area contributed by atoms with E-state index in [1.165, 1.54) is 4.90 Å². The Morgan fingerprint density at radius 1 is 1.19 bits per heavy atom. The molecule has 0 unspecified atom stereocenters. The van der Waals surface area contributed by atoms with Crippen molar-refractivity contribution in [3.63, 3.8) is 0 Å². The minimum absolute atomic E-state index is 0.0960. The smallest absolute Gasteiger partial charge is 0.328 e. The first-order valence-corrected chi connectivity index (χ1v) is 10.6. The average Bonchev–Trinajstić information content (AvgIpc) is 3.43. The molecule has 9 heteroatoms. The Kier molecular flexibility index (Phi) is 7.23. The average molecular weight is 440 g/mol. The van der Waals surface area contributed by atoms with Gasteiger partial charge < -0.3 is 15.0 Å². The second-order valence-electron chi connectivity index (χ2n) is 8.56. The summed E-state index contributed by atoms with van der Waals surface area (Å²) < 4.78 is 46.3. The number of nitrogens with one attached hydrogen (secondary N) is 1. The maximum Gasteiger partial charge on any atom is 0.328 e. The summed E-state index contributed by atoms with van der Waals surface area (Å²) in [7, 11) is 0. The number of hydrogen-bond donors (Lipinski definition) is 1. The highest BCUT2D eigenvalue weighted by Crippen LogP contribution is 2.34. The van der Waals surface area contributed by atoms with Crippen LogP contribution in [-0.2, 0) is 25.7 Å². The van der Waals surface area contributed by atoms with Crippen molar-refractivity contribution in [1.82, 2.24) is 10.2 Å². The van der Waals surface area contributed by atoms with Crippen LogP contribution in [0.15, 0.2) is 12.1 Å². The van der Waals surface area contributed by atoms with Gasteiger partial charge in [0.05, 0.1) is 6.10 Å². The lowest BCUT2D eigenvalue weighted by molar-refractivity contribution is -0.152. The maximum atomic E-state index is 14.0. The van der Waals surface area contributed by atoms with Gasteiger partial charge in [-0.1, -0.05) is 12.8 Å². The fourth-order valence-corrected chi connectivity index (χ4v) is 3.81. The van der Waals surface area contributed by atoms with Crippen molar-refractivity contribution in [2.24, 2.45) is 5.92 Å². The molecule has 170 valence electrons. The summed E-state index contributed by atoms with van der Waals surface area (Å²) >= 11 is 0. The zero-order valence-corrected chi connectivity index (χ0v) is 17.6. The molecule has 1 aliphatic carbocycles. The van der Waals surface area contributed by atoms with Crippen LogP contribution in [0, 0.1) is 23.4 Å². The van der Waals surface area contributed by atoms with Crippen molar-refractivity contribution >= 4 is 17.8 Å². The van der Waals surface area contributed by atoms with Gasteiger partial charge in [0, 0.05) is 37.1 Å². The highest BCUT2D eigenvalue weighted by Gasteiger charge is 2.36. The number of likely N-dealkylation sites (tertiary alicyclic amines) is 1. The Morgan fingerprint density at radius 2 is 1.90 bits per heavy atom. The van der Waals surface area contributed by atoms with Crippen molar-refractivity contribution in [3.8, 4) is 0 Å². The minimum atomic E-state index is -1.33. The number of carbonyl (C=O) groups is 3. The van der Waals surface area contributed by atoms with Gasteiger partial charge in [0.25, 0.3) is 0 Å². The molecule has 0 aromatic heterocycles. The van der Waals surface area contributed by atoms with Gasteiger partial charge in [0.2, 0.25) is 11.8 Å². The lowest BCUT2D eigenvalue weighted by Gasteiger charge is -2.26. The predicted octanol–water partition coefficient (Wildman–Crippen LogP) is 3.22. The van der Waals surface area contributed by atoms with Crippen LogP contribution < -0.4 is 5.32 Å². The summed E-state index contributed by atoms with van der Waals surface area (Å²) in [4.78, 5) is 38.5. The number of amides is 2. The van der Waals surface area contributed by atoms with Crippen LogP contribution in [0.3, 0.4) is 0 Å². The van der Waals surface area contributed by atoms with E-state index in [4.69, 9.17) is 4.74 Å². The van der Waals surface area contributed by atoms with Crippen LogP contribution >= 0.6 is 0 Å². The first kappa shape index (κ1) is 23.1. The highest BCUT2D eigenvalue weighted by molar-refractivity contribution is 5.86. The highest BCUT2D eigenvalue weighted by atomic mass is 19.2. The van der Waals surface area contributed by atoms with Gasteiger partial charge in [-0.3, -0.25) is 9.59 Å². The van der Waals surface area contributed by atoms with Crippen LogP contribution in [0.4, 0.5) is 13.2 Å². The first-order valence-electron chi connectivity index (χ1n) is 10.6. The molecule has 0 radical (unpaired) electrons. The minimum Gasteiger partial charge on any atom is -0.461 e. The number of nitrogens with zero attached hydrogens (tertiary/aromatic N) is 1. The molecule has 1 aromatic carbocycles. The fraction of sp³-hybridized carbons (Fsp3) is 0.591. The monoisotopic (exact) mass is 440 g/mol. The molecular formula is C22H27F3N2O4. The third-order valence-electron chi connectivity index (χ3n) is 5.52. The van der Waals surface area contributed by atoms with Crippen molar-refractivity contribution in [2.75, 3.05) is 0 Å². The zero-order valence-electron chi connectivity index (χ0n) is 17.6. The third-order valence-corrected chi connectivity index (χ3v) is 5.52. The van der Waals surface area contributed by atoms with E-state index in [0.717, 1.165) is 18.9 Å². The van der Waals surface area contributed by atoms with Gasteiger partial charge >= 0.3 is 5.97 Å². The zero-order chi connectivity index (χ0) is 22.7. The van der Waals surface area contributed by atoms with Crippen LogP contribution in [-0.4, -0.2) is 40.9 Å². The lowest BCUT2D eigenvalue weighted by atomic mass is 10.1. The van der Waals surface area contributed by atoms with Gasteiger partial charge in [-0.15, -0.1) is 0 Å². The summed E-state index contributed by atoms with van der Waals surface area (Å²) in [5.74, 6) is -4.36. The summed E-state index contributed by atoms with van der Waals surface area (Å²) in [6.45, 7) is 3.12. The van der Waals surface area contributed by atoms with Crippen molar-refractivity contribution in [2.45, 2.75) is 77.1 Å². The third kappa shape index (κ3) is 6.21. The van der Waals surface area contributed by atoms with Gasteiger partial charge in [-0.05, 0) is 38.7 Å². The molecule has 1 aromatic rings. The lowest BCUT2D eigenvalue weighted by Crippen LogP contribution is -2.45. The van der Waals surface area contributed by atoms with Crippen LogP contribution in [0.5, 0.6) is 0 Å². The molecule has 1 saturated carbocycles. The molecule has 31 heavy (non-hydrogen) atoms. The molecule has 1 heterocycles. The van der Waals surface area contributed by atoms with Gasteiger partial charge in [0.15, 0.2) is 11.6 Å². The number of rotatable bonds is 9. The predicted molar refractivity (Wildman–Crippen MR) is 105 cm³/mol. The molecule has 2 amide bonds. The number of esters is 1. The Hall–Kier alpha value is -2.58. The standard InChI is InChI=1S/C22H27F3N2O4/c1-12(2)31-22(30)18(7-13-3-4-13)26-19(28)10-16-5-6-20(29)27(16)11-14-8-15(23)9-17(24)21(14)25/h8-9,12-13,16,18H,3-7,10-11H2,1-2H3,(H,26,28)/t16-,18-/m0/s1. The normalized spacial score (nSPS) is 19.6. The molecule has 0 spiro atoms. The molecule has 0 bridgehead atoms. The number of ether oxygens (including phenoxy) is 1. The van der Waals surface area contributed by atoms with E-state index in [2.05, 4.69) is 5.32 Å². The van der Waals surface area contributed by atoms with Gasteiger partial charge in [-0.2, -0.15) is 0 Å². The number of halogens is 3. The molecule has 6 nitrogen and oxygen atoms in total. The van der Waals surface area contributed by atoms with E-state index in [9.17, 15) is 27.6 Å². The first-order chi connectivity index (χ1) is 14.6. The topological polar surface area (TPSA) is 75.7 Å². The Balaban J connectivity index is 1.65. The SMILES string of the molecule is CC(C)OC(=O)[C@H](CC1CC1)NC(=O)C[C@@H]1CCC(=O)N1Cc1cc(F)cc(F)c1F. The maximum absolute atomic E-state index is 14.0. The molecule has 2 aliphatic rings. The summed E-state index contributed by atoms with van der Waals surface area (Å²) in [5.41, 5.74) is -0.287. The van der Waals surface area contributed by atoms with Crippen molar-refractivity contribution < 1.29 is 32.3 Å². The molecular weight excluding hydrogens is 413 g/mol. The number of carbonyl (C=O) groups excluding carboxylic acids is 3. The van der Waals surface area contributed by atoms with Crippen LogP contribution in [0.1, 0.15) is 57.9 Å². The van der Waals surface area contributed by atoms with E-state index < -0.39 is 41.4 Å². The Labute approximate surface area is 179 Å². The second-order valence-corrected chi connectivity index (χ2v) is 8.56. The largest absolute Gasteiger partial charge is 0.461 e. The fourth-order valence-electron chi connectivity index (χ4n) is 3.81. The molecule has 3 rings (SSSR count). The van der Waals surface area contributed by atoms with E-state index in [0.29, 0.717) is 24.8 Å². The summed E-state index contributed by atoms with van der Waals surface area (Å²) in [6, 6.07) is -0.0378. The van der Waals surface area contributed by atoms with Crippen LogP contribution in [0.2, 0.25) is 0 Å². The van der Waals surface area contributed by atoms with Crippen molar-refractivity contribution in [3.05, 3.63) is 35.1 Å². The van der Waals surface area contributed by atoms with E-state index in [1.54, 1.807) is 13.8 Å². The Morgan fingerprint density at radius 3 is 2.55 bits per heavy atom. The Bertz CT molecular complexity index is 857. The van der Waals surface area contributed by atoms with Crippen LogP contribution in [0.25, 0.3) is 0 Å². The molecule has 1 saturated heterocycles. The summed E-state index contributed by atoms with van der Waals surface area (Å²) in [5, 5.41) is 2.70. The molecule has 1 N–H and O–H groups in total. The number of benzene rings is 1. The van der Waals surface area contributed by atoms with Gasteiger partial charge in [-0.25, -0.2) is 18.0 Å². The molecule has 1 aliphatic heterocycles. The number of hydrogen-bond acceptors (Lipinski definition) is 4. The molecule has 2 fully saturated rings. The van der Waals surface area contributed by atoms with Gasteiger partial charge in [0.1, 0.15) is 11.9 Å².